The minimum absolute atomic E-state index is 0.306. The lowest BCUT2D eigenvalue weighted by Crippen LogP contribution is -2.29. The molecule has 11 heteroatoms. The van der Waals surface area contributed by atoms with Crippen LogP contribution in [0, 0.1) is 0 Å². The smallest absolute Gasteiger partial charge is 0.247 e. The van der Waals surface area contributed by atoms with Gasteiger partial charge in [-0.05, 0) is 44.6 Å². The maximum Gasteiger partial charge on any atom is 0.247 e. The molecule has 0 atom stereocenters. The number of rotatable bonds is 11. The Bertz CT molecular complexity index is 1830. The number of aromatic nitrogens is 5. The summed E-state index contributed by atoms with van der Waals surface area (Å²) in [6, 6.07) is 10.2. The zero-order valence-electron chi connectivity index (χ0n) is 25.5. The lowest BCUT2D eigenvalue weighted by molar-refractivity contribution is -0.111. The van der Waals surface area contributed by atoms with Crippen LogP contribution in [0.15, 0.2) is 67.8 Å². The van der Waals surface area contributed by atoms with Gasteiger partial charge < -0.3 is 29.7 Å². The molecule has 1 aliphatic heterocycles. The summed E-state index contributed by atoms with van der Waals surface area (Å²) in [5, 5.41) is 14.6. The topological polar surface area (TPSA) is 116 Å². The van der Waals surface area contributed by atoms with Crippen molar-refractivity contribution in [3.63, 3.8) is 0 Å². The third kappa shape index (κ3) is 5.61. The first-order valence-electron chi connectivity index (χ1n) is 14.6. The average Bonchev–Trinajstić information content (AvgIpc) is 3.70. The van der Waals surface area contributed by atoms with Crippen LogP contribution in [0.3, 0.4) is 0 Å². The molecule has 1 aliphatic rings. The van der Waals surface area contributed by atoms with Crippen LogP contribution in [0.5, 0.6) is 5.75 Å². The van der Waals surface area contributed by atoms with Gasteiger partial charge in [0.2, 0.25) is 11.9 Å². The zero-order valence-corrected chi connectivity index (χ0v) is 25.5. The number of benzene rings is 2. The van der Waals surface area contributed by atoms with Gasteiger partial charge in [-0.2, -0.15) is 5.10 Å². The Hall–Kier alpha value is -5.16. The molecule has 3 N–H and O–H groups in total. The fraction of sp³-hybridized carbons (Fsp3) is 0.273. The van der Waals surface area contributed by atoms with Gasteiger partial charge in [-0.15, -0.1) is 0 Å². The lowest BCUT2D eigenvalue weighted by atomic mass is 9.99. The highest BCUT2D eigenvalue weighted by Gasteiger charge is 2.22. The second-order valence-electron chi connectivity index (χ2n) is 11.2. The van der Waals surface area contributed by atoms with Crippen molar-refractivity contribution in [2.45, 2.75) is 19.4 Å². The molecule has 4 heterocycles. The van der Waals surface area contributed by atoms with Crippen LogP contribution in [-0.2, 0) is 17.8 Å². The number of hydrogen-bond acceptors (Lipinski definition) is 8. The molecule has 0 bridgehead atoms. The molecular weight excluding hydrogens is 554 g/mol. The number of ether oxygens (including phenoxy) is 1. The van der Waals surface area contributed by atoms with Crippen LogP contribution in [0.2, 0.25) is 0 Å². The summed E-state index contributed by atoms with van der Waals surface area (Å²) in [5.74, 6) is 0.677. The number of likely N-dealkylation sites (N-methyl/N-ethyl adjacent to an activating group) is 2. The van der Waals surface area contributed by atoms with Crippen molar-refractivity contribution in [1.82, 2.24) is 29.6 Å². The van der Waals surface area contributed by atoms with Crippen LogP contribution in [0.4, 0.5) is 23.0 Å². The van der Waals surface area contributed by atoms with E-state index in [0.29, 0.717) is 23.1 Å². The number of aromatic amines is 1. The monoisotopic (exact) mass is 591 g/mol. The van der Waals surface area contributed by atoms with Crippen LogP contribution >= 0.6 is 0 Å². The second kappa shape index (κ2) is 12.2. The van der Waals surface area contributed by atoms with Crippen LogP contribution in [0.1, 0.15) is 12.0 Å². The molecule has 0 fully saturated rings. The molecule has 0 saturated heterocycles. The normalized spacial score (nSPS) is 12.4. The van der Waals surface area contributed by atoms with Crippen LogP contribution in [0.25, 0.3) is 33.3 Å². The lowest BCUT2D eigenvalue weighted by Gasteiger charge is -2.26. The Morgan fingerprint density at radius 3 is 2.77 bits per heavy atom. The van der Waals surface area contributed by atoms with E-state index in [-0.39, 0.29) is 5.91 Å². The molecule has 226 valence electrons. The first-order valence-corrected chi connectivity index (χ1v) is 14.6. The highest BCUT2D eigenvalue weighted by Crippen LogP contribution is 2.41. The maximum atomic E-state index is 12.4. The SMILES string of the molecule is C=CC(=O)Nc1cc(Nc2ncc(-c3cn[nH]c3)c(-c3cn4c5c(cccc35)CCC4)n2)c(OC)cc1N(C)CCN(C)C. The summed E-state index contributed by atoms with van der Waals surface area (Å²) < 4.78 is 8.14. The fourth-order valence-corrected chi connectivity index (χ4v) is 5.73. The summed E-state index contributed by atoms with van der Waals surface area (Å²) in [6.07, 6.45) is 11.1. The van der Waals surface area contributed by atoms with Gasteiger partial charge in [-0.1, -0.05) is 24.8 Å². The Morgan fingerprint density at radius 1 is 1.16 bits per heavy atom. The van der Waals surface area contributed by atoms with Gasteiger partial charge in [0.25, 0.3) is 0 Å². The molecule has 0 unspecified atom stereocenters. The summed E-state index contributed by atoms with van der Waals surface area (Å²) in [4.78, 5) is 26.4. The van der Waals surface area contributed by atoms with Crippen molar-refractivity contribution < 1.29 is 9.53 Å². The Kier molecular flexibility index (Phi) is 8.03. The number of methoxy groups -OCH3 is 1. The Balaban J connectivity index is 1.44. The van der Waals surface area contributed by atoms with Crippen LogP contribution < -0.4 is 20.3 Å². The number of H-pyrrole nitrogens is 1. The molecule has 0 radical (unpaired) electrons. The molecule has 0 aliphatic carbocycles. The molecule has 0 saturated carbocycles. The van der Waals surface area contributed by atoms with Crippen molar-refractivity contribution in [2.24, 2.45) is 0 Å². The first kappa shape index (κ1) is 28.9. The van der Waals surface area contributed by atoms with Gasteiger partial charge >= 0.3 is 0 Å². The summed E-state index contributed by atoms with van der Waals surface area (Å²) in [6.45, 7) is 6.17. The van der Waals surface area contributed by atoms with E-state index in [2.05, 4.69) is 66.2 Å². The van der Waals surface area contributed by atoms with Crippen molar-refractivity contribution in [3.8, 4) is 28.1 Å². The van der Waals surface area contributed by atoms with Gasteiger partial charge in [0.15, 0.2) is 0 Å². The van der Waals surface area contributed by atoms with E-state index in [4.69, 9.17) is 14.7 Å². The first-order chi connectivity index (χ1) is 21.4. The van der Waals surface area contributed by atoms with E-state index in [0.717, 1.165) is 65.9 Å². The van der Waals surface area contributed by atoms with E-state index in [9.17, 15) is 4.79 Å². The second-order valence-corrected chi connectivity index (χ2v) is 11.2. The van der Waals surface area contributed by atoms with Gasteiger partial charge in [0.05, 0.1) is 41.6 Å². The maximum absolute atomic E-state index is 12.4. The minimum atomic E-state index is -0.306. The van der Waals surface area contributed by atoms with E-state index in [1.165, 1.54) is 17.2 Å². The number of aryl methyl sites for hydroxylation is 2. The number of carbonyl (C=O) groups is 1. The van der Waals surface area contributed by atoms with E-state index in [1.54, 1.807) is 13.3 Å². The third-order valence-electron chi connectivity index (χ3n) is 7.98. The van der Waals surface area contributed by atoms with Crippen molar-refractivity contribution >= 4 is 39.8 Å². The van der Waals surface area contributed by atoms with Gasteiger partial charge in [0.1, 0.15) is 5.75 Å². The van der Waals surface area contributed by atoms with Gasteiger partial charge in [0, 0.05) is 73.4 Å². The summed E-state index contributed by atoms with van der Waals surface area (Å²) in [5.41, 5.74) is 8.26. The molecule has 0 spiro atoms. The number of para-hydroxylation sites is 1. The van der Waals surface area contributed by atoms with Crippen molar-refractivity contribution in [2.75, 3.05) is 56.9 Å². The highest BCUT2D eigenvalue weighted by atomic mass is 16.5. The van der Waals surface area contributed by atoms with Crippen LogP contribution in [-0.4, -0.2) is 76.9 Å². The predicted octanol–water partition coefficient (Wildman–Crippen LogP) is 5.31. The molecule has 2 aromatic carbocycles. The molecule has 1 amide bonds. The predicted molar refractivity (Wildman–Crippen MR) is 176 cm³/mol. The number of nitrogens with one attached hydrogen (secondary N) is 3. The van der Waals surface area contributed by atoms with Gasteiger partial charge in [-0.3, -0.25) is 9.89 Å². The molecule has 5 aromatic rings. The average molecular weight is 592 g/mol. The summed E-state index contributed by atoms with van der Waals surface area (Å²) in [7, 11) is 7.66. The number of hydrogen-bond donors (Lipinski definition) is 3. The van der Waals surface area contributed by atoms with Crippen molar-refractivity contribution in [1.29, 1.82) is 0 Å². The fourth-order valence-electron chi connectivity index (χ4n) is 5.73. The van der Waals surface area contributed by atoms with Crippen molar-refractivity contribution in [3.05, 3.63) is 73.3 Å². The zero-order chi connectivity index (χ0) is 30.8. The molecule has 11 nitrogen and oxygen atoms in total. The molecule has 6 rings (SSSR count). The number of amides is 1. The minimum Gasteiger partial charge on any atom is -0.494 e. The molecular formula is C33H37N9O2. The van der Waals surface area contributed by atoms with E-state index in [1.807, 2.05) is 45.7 Å². The molecule has 3 aromatic heterocycles. The van der Waals surface area contributed by atoms with Gasteiger partial charge in [-0.25, -0.2) is 9.97 Å². The standard InChI is InChI=1S/C33H37N9O2/c1-6-30(43)37-26-15-27(29(44-5)16-28(26)41(4)14-13-40(2)3)38-33-34-19-24(22-17-35-36-18-22)31(39-33)25-20-42-12-8-10-21-9-7-11-23(25)32(21)42/h6-7,9,11,15-20H,1,8,10,12-14H2,2-5H3,(H,35,36)(H,37,43)(H,34,38,39). The largest absolute Gasteiger partial charge is 0.494 e. The Morgan fingerprint density at radius 2 is 2.02 bits per heavy atom. The molecule has 44 heavy (non-hydrogen) atoms. The highest BCUT2D eigenvalue weighted by molar-refractivity contribution is 6.02. The number of carbonyl (C=O) groups excluding carboxylic acids is 1. The number of anilines is 4. The van der Waals surface area contributed by atoms with E-state index >= 15 is 0 Å². The van der Waals surface area contributed by atoms with E-state index < -0.39 is 0 Å². The number of nitrogens with zero attached hydrogens (tertiary/aromatic N) is 6. The quantitative estimate of drug-likeness (QED) is 0.177. The third-order valence-corrected chi connectivity index (χ3v) is 7.98. The summed E-state index contributed by atoms with van der Waals surface area (Å²) >= 11 is 0. The Labute approximate surface area is 256 Å².